The molecular formula is C108H72N4. The standard InChI is InChI=1S/2C54H36N2/c1-4-14-37(15-5-1)40-24-28-45(29-25-40)55-51-22-12-10-20-47(51)49-35-41(26-30-53(49)55)42-27-31-54-50(36-42)48-21-11-13-23-52(48)56(54)46-33-43(38-16-6-2-7-17-38)32-44(34-46)39-18-8-3-9-19-39;1-3-11-37(12-4-1)39-19-21-40(22-20-39)42-25-31-46(32-26-42)56-52-18-10-8-16-48(52)50-36-44(28-34-54(50)56)43-27-33-53-49(35-43)47-15-7-9-17-51(47)55(53)45-29-23-41(24-30-45)38-13-5-2-6-14-38/h2*1-36H. The number of benzene rings is 18. The number of fused-ring (bicyclic) bond motifs is 12. The van der Waals surface area contributed by atoms with Gasteiger partial charge in [0.2, 0.25) is 0 Å². The molecule has 4 nitrogen and oxygen atoms in total. The molecule has 18 aromatic carbocycles. The minimum absolute atomic E-state index is 1.15. The first kappa shape index (κ1) is 65.5. The van der Waals surface area contributed by atoms with Crippen molar-refractivity contribution >= 4 is 87.2 Å². The van der Waals surface area contributed by atoms with E-state index in [2.05, 4.69) is 455 Å². The number of hydrogen-bond donors (Lipinski definition) is 0. The smallest absolute Gasteiger partial charge is 0.0541 e. The topological polar surface area (TPSA) is 19.7 Å². The Hall–Kier alpha value is -14.8. The lowest BCUT2D eigenvalue weighted by Crippen LogP contribution is -1.96. The monoisotopic (exact) mass is 1420 g/mol. The molecule has 0 aliphatic heterocycles. The fourth-order valence-corrected chi connectivity index (χ4v) is 17.2. The van der Waals surface area contributed by atoms with Crippen molar-refractivity contribution in [1.82, 2.24) is 18.3 Å². The lowest BCUT2D eigenvalue weighted by Gasteiger charge is -2.14. The number of nitrogens with zero attached hydrogens (tertiary/aromatic N) is 4. The molecule has 4 heterocycles. The number of aromatic nitrogens is 4. The molecule has 0 atom stereocenters. The van der Waals surface area contributed by atoms with E-state index in [-0.39, 0.29) is 0 Å². The predicted octanol–water partition coefficient (Wildman–Crippen LogP) is 29.1. The van der Waals surface area contributed by atoms with E-state index in [1.54, 1.807) is 0 Å². The highest BCUT2D eigenvalue weighted by molar-refractivity contribution is 6.15. The number of rotatable bonds is 12. The van der Waals surface area contributed by atoms with E-state index in [9.17, 15) is 0 Å². The van der Waals surface area contributed by atoms with Crippen LogP contribution >= 0.6 is 0 Å². The van der Waals surface area contributed by atoms with Gasteiger partial charge in [-0.25, -0.2) is 0 Å². The van der Waals surface area contributed by atoms with E-state index >= 15 is 0 Å². The van der Waals surface area contributed by atoms with Gasteiger partial charge in [0.05, 0.1) is 44.1 Å². The van der Waals surface area contributed by atoms with Crippen LogP contribution in [0.2, 0.25) is 0 Å². The van der Waals surface area contributed by atoms with Crippen LogP contribution in [-0.2, 0) is 0 Å². The van der Waals surface area contributed by atoms with Gasteiger partial charge in [0.15, 0.2) is 0 Å². The summed E-state index contributed by atoms with van der Waals surface area (Å²) in [6.45, 7) is 0. The quantitative estimate of drug-likeness (QED) is 0.116. The summed E-state index contributed by atoms with van der Waals surface area (Å²) in [6.07, 6.45) is 0. The third-order valence-electron chi connectivity index (χ3n) is 22.7. The molecule has 0 aliphatic rings. The Kier molecular flexibility index (Phi) is 16.2. The summed E-state index contributed by atoms with van der Waals surface area (Å²) < 4.78 is 9.63. The first-order valence-electron chi connectivity index (χ1n) is 38.5. The minimum atomic E-state index is 1.15. The predicted molar refractivity (Wildman–Crippen MR) is 474 cm³/mol. The van der Waals surface area contributed by atoms with Crippen molar-refractivity contribution in [3.8, 4) is 112 Å². The van der Waals surface area contributed by atoms with E-state index in [1.165, 1.54) is 176 Å². The van der Waals surface area contributed by atoms with Crippen molar-refractivity contribution in [1.29, 1.82) is 0 Å². The third-order valence-corrected chi connectivity index (χ3v) is 22.7. The van der Waals surface area contributed by atoms with Crippen molar-refractivity contribution in [2.45, 2.75) is 0 Å². The summed E-state index contributed by atoms with van der Waals surface area (Å²) in [5.41, 5.74) is 33.6. The summed E-state index contributed by atoms with van der Waals surface area (Å²) in [5, 5.41) is 9.99. The molecule has 524 valence electrons. The van der Waals surface area contributed by atoms with E-state index in [1.807, 2.05) is 0 Å². The molecule has 0 bridgehead atoms. The first-order valence-corrected chi connectivity index (χ1v) is 38.5. The van der Waals surface area contributed by atoms with Gasteiger partial charge in [-0.2, -0.15) is 0 Å². The Balaban J connectivity index is 0.000000141. The Bertz CT molecular complexity index is 7220. The molecule has 0 aliphatic carbocycles. The zero-order valence-corrected chi connectivity index (χ0v) is 61.4. The van der Waals surface area contributed by atoms with Crippen LogP contribution < -0.4 is 0 Å². The largest absolute Gasteiger partial charge is 0.309 e. The molecule has 0 amide bonds. The maximum Gasteiger partial charge on any atom is 0.0541 e. The van der Waals surface area contributed by atoms with Gasteiger partial charge >= 0.3 is 0 Å². The average Bonchev–Trinajstić information content (AvgIpc) is 1.60. The van der Waals surface area contributed by atoms with Crippen molar-refractivity contribution < 1.29 is 0 Å². The highest BCUT2D eigenvalue weighted by atomic mass is 15.0. The normalized spacial score (nSPS) is 11.6. The molecule has 0 N–H and O–H groups in total. The van der Waals surface area contributed by atoms with Gasteiger partial charge < -0.3 is 18.3 Å². The summed E-state index contributed by atoms with van der Waals surface area (Å²) in [4.78, 5) is 0. The van der Waals surface area contributed by atoms with Crippen LogP contribution in [0.3, 0.4) is 0 Å². The van der Waals surface area contributed by atoms with E-state index in [0.29, 0.717) is 0 Å². The Morgan fingerprint density at radius 1 is 0.0982 bits per heavy atom. The number of para-hydroxylation sites is 4. The van der Waals surface area contributed by atoms with Gasteiger partial charge in [-0.15, -0.1) is 0 Å². The molecule has 22 aromatic rings. The highest BCUT2D eigenvalue weighted by Crippen LogP contribution is 2.43. The summed E-state index contributed by atoms with van der Waals surface area (Å²) in [5.74, 6) is 0. The van der Waals surface area contributed by atoms with Crippen LogP contribution in [0.1, 0.15) is 0 Å². The molecule has 0 saturated carbocycles. The van der Waals surface area contributed by atoms with Crippen LogP contribution in [0.25, 0.3) is 199 Å². The van der Waals surface area contributed by atoms with E-state index in [4.69, 9.17) is 0 Å². The van der Waals surface area contributed by atoms with Crippen LogP contribution in [0.4, 0.5) is 0 Å². The van der Waals surface area contributed by atoms with Gasteiger partial charge in [0, 0.05) is 65.8 Å². The molecule has 0 spiro atoms. The van der Waals surface area contributed by atoms with E-state index < -0.39 is 0 Å². The third kappa shape index (κ3) is 11.6. The van der Waals surface area contributed by atoms with Gasteiger partial charge in [-0.1, -0.05) is 309 Å². The summed E-state index contributed by atoms with van der Waals surface area (Å²) in [6, 6.07) is 159. The second-order valence-corrected chi connectivity index (χ2v) is 29.2. The second kappa shape index (κ2) is 27.7. The highest BCUT2D eigenvalue weighted by Gasteiger charge is 2.21. The minimum Gasteiger partial charge on any atom is -0.309 e. The van der Waals surface area contributed by atoms with Gasteiger partial charge in [-0.3, -0.25) is 0 Å². The average molecular weight is 1430 g/mol. The maximum atomic E-state index is 2.44. The molecule has 22 rings (SSSR count). The SMILES string of the molecule is c1ccc(-c2ccc(-c3ccc(-n4c5ccccc5c5cc(-c6ccc7c(c6)c6ccccc6n7-c6ccc(-c7ccccc7)cc6)ccc54)cc3)cc2)cc1.c1ccc(-c2ccc(-n3c4ccccc4c4cc(-c5ccc6c(c5)c5ccccc5n6-c5cc(-c6ccccc6)cc(-c6ccccc6)c5)ccc43)cc2)cc1. The van der Waals surface area contributed by atoms with Gasteiger partial charge in [-0.05, 0) is 216 Å². The fourth-order valence-electron chi connectivity index (χ4n) is 17.2. The van der Waals surface area contributed by atoms with Crippen molar-refractivity contribution in [2.24, 2.45) is 0 Å². The van der Waals surface area contributed by atoms with Crippen LogP contribution in [0.15, 0.2) is 437 Å². The molecule has 0 fully saturated rings. The Morgan fingerprint density at radius 2 is 0.277 bits per heavy atom. The number of hydrogen-bond acceptors (Lipinski definition) is 0. The van der Waals surface area contributed by atoms with Gasteiger partial charge in [0.25, 0.3) is 0 Å². The molecule has 0 saturated heterocycles. The summed E-state index contributed by atoms with van der Waals surface area (Å²) >= 11 is 0. The Morgan fingerprint density at radius 3 is 0.527 bits per heavy atom. The van der Waals surface area contributed by atoms with Gasteiger partial charge in [0.1, 0.15) is 0 Å². The fraction of sp³-hybridized carbons (Fsp3) is 0. The van der Waals surface area contributed by atoms with Crippen LogP contribution in [0.5, 0.6) is 0 Å². The lowest BCUT2D eigenvalue weighted by molar-refractivity contribution is 1.18. The molecular weight excluding hydrogens is 1350 g/mol. The van der Waals surface area contributed by atoms with E-state index in [0.717, 1.165) is 22.7 Å². The molecule has 0 unspecified atom stereocenters. The molecule has 112 heavy (non-hydrogen) atoms. The second-order valence-electron chi connectivity index (χ2n) is 29.2. The molecule has 4 aromatic heterocycles. The summed E-state index contributed by atoms with van der Waals surface area (Å²) in [7, 11) is 0. The van der Waals surface area contributed by atoms with Crippen LogP contribution in [0, 0.1) is 0 Å². The maximum absolute atomic E-state index is 2.44. The zero-order valence-electron chi connectivity index (χ0n) is 61.4. The first-order chi connectivity index (χ1) is 55.5. The molecule has 4 heteroatoms. The Labute approximate surface area is 649 Å². The van der Waals surface area contributed by atoms with Crippen molar-refractivity contribution in [3.63, 3.8) is 0 Å². The van der Waals surface area contributed by atoms with Crippen LogP contribution in [-0.4, -0.2) is 18.3 Å². The van der Waals surface area contributed by atoms with Crippen molar-refractivity contribution in [3.05, 3.63) is 437 Å². The zero-order chi connectivity index (χ0) is 74.0. The lowest BCUT2D eigenvalue weighted by atomic mass is 9.98. The van der Waals surface area contributed by atoms with Crippen molar-refractivity contribution in [2.75, 3.05) is 0 Å². The molecule has 0 radical (unpaired) electrons.